The summed E-state index contributed by atoms with van der Waals surface area (Å²) in [5.74, 6) is 1.44. The Hall–Kier alpha value is -3.07. The molecule has 9 heteroatoms. The smallest absolute Gasteiger partial charge is 0.318 e. The van der Waals surface area contributed by atoms with E-state index in [4.69, 9.17) is 4.74 Å². The van der Waals surface area contributed by atoms with Gasteiger partial charge in [0, 0.05) is 44.6 Å². The topological polar surface area (TPSA) is 83.5 Å². The zero-order chi connectivity index (χ0) is 22.9. The van der Waals surface area contributed by atoms with Gasteiger partial charge in [0.1, 0.15) is 6.61 Å². The summed E-state index contributed by atoms with van der Waals surface area (Å²) in [6.45, 7) is 5.64. The van der Waals surface area contributed by atoms with Crippen molar-refractivity contribution in [2.24, 2.45) is 11.8 Å². The fraction of sp³-hybridized carbons (Fsp3) is 0.478. The highest BCUT2D eigenvalue weighted by Gasteiger charge is 2.46. The van der Waals surface area contributed by atoms with Gasteiger partial charge in [-0.2, -0.15) is 4.98 Å². The number of carbonyl (C=O) groups excluding carboxylic acids is 1. The maximum atomic E-state index is 13.8. The third-order valence-electron chi connectivity index (χ3n) is 5.21. The van der Waals surface area contributed by atoms with Crippen molar-refractivity contribution in [2.45, 2.75) is 13.3 Å². The van der Waals surface area contributed by atoms with Crippen LogP contribution in [0.15, 0.2) is 36.8 Å². The van der Waals surface area contributed by atoms with Crippen LogP contribution >= 0.6 is 0 Å². The normalized spacial score (nSPS) is 18.8. The Bertz CT molecular complexity index is 899. The highest BCUT2D eigenvalue weighted by molar-refractivity contribution is 5.91. The van der Waals surface area contributed by atoms with E-state index in [1.807, 2.05) is 43.0 Å². The van der Waals surface area contributed by atoms with E-state index in [9.17, 15) is 9.18 Å². The van der Waals surface area contributed by atoms with Gasteiger partial charge in [0.2, 0.25) is 5.91 Å². The maximum Gasteiger partial charge on any atom is 0.318 e. The largest absolute Gasteiger partial charge is 0.462 e. The van der Waals surface area contributed by atoms with Crippen LogP contribution in [0.2, 0.25) is 0 Å². The van der Waals surface area contributed by atoms with Crippen LogP contribution in [0.4, 0.5) is 10.2 Å². The second-order valence-corrected chi connectivity index (χ2v) is 8.15. The molecule has 0 radical (unpaired) electrons. The van der Waals surface area contributed by atoms with Gasteiger partial charge in [0.15, 0.2) is 11.6 Å². The van der Waals surface area contributed by atoms with Crippen LogP contribution in [0.1, 0.15) is 18.9 Å². The molecule has 0 spiro atoms. The van der Waals surface area contributed by atoms with Crippen LogP contribution in [0, 0.1) is 17.7 Å². The second-order valence-electron chi connectivity index (χ2n) is 8.15. The Balaban J connectivity index is 0.000000195. The highest BCUT2D eigenvalue weighted by atomic mass is 19.1. The van der Waals surface area contributed by atoms with Gasteiger partial charge in [-0.05, 0) is 57.0 Å². The van der Waals surface area contributed by atoms with Crippen molar-refractivity contribution in [3.8, 4) is 6.01 Å². The SMILES string of the molecule is CCNC(=O)/C=C/c1cccnc1.CN(C)CCOc1ncc(F)c(N2CC3CC3C2)n1. The fourth-order valence-electron chi connectivity index (χ4n) is 3.40. The van der Waals surface area contributed by atoms with Crippen molar-refractivity contribution in [1.82, 2.24) is 25.2 Å². The average Bonchev–Trinajstić information content (AvgIpc) is 3.39. The summed E-state index contributed by atoms with van der Waals surface area (Å²) in [5.41, 5.74) is 0.925. The molecule has 0 aromatic carbocycles. The molecule has 1 aliphatic heterocycles. The molecule has 8 nitrogen and oxygen atoms in total. The third-order valence-corrected chi connectivity index (χ3v) is 5.21. The number of piperidine rings is 1. The van der Waals surface area contributed by atoms with Gasteiger partial charge in [-0.1, -0.05) is 6.07 Å². The van der Waals surface area contributed by atoms with Crippen LogP contribution in [-0.4, -0.2) is 72.6 Å². The summed E-state index contributed by atoms with van der Waals surface area (Å²) < 4.78 is 19.2. The first-order valence-electron chi connectivity index (χ1n) is 10.9. The first-order chi connectivity index (χ1) is 15.5. The Labute approximate surface area is 188 Å². The summed E-state index contributed by atoms with van der Waals surface area (Å²) >= 11 is 0. The molecule has 32 heavy (non-hydrogen) atoms. The molecule has 3 heterocycles. The number of nitrogens with zero attached hydrogens (tertiary/aromatic N) is 5. The first kappa shape index (κ1) is 23.6. The van der Waals surface area contributed by atoms with Gasteiger partial charge in [0.25, 0.3) is 0 Å². The molecule has 1 saturated heterocycles. The number of amides is 1. The third kappa shape index (κ3) is 7.26. The monoisotopic (exact) mass is 442 g/mol. The average molecular weight is 443 g/mol. The van der Waals surface area contributed by atoms with E-state index in [-0.39, 0.29) is 17.7 Å². The molecule has 172 valence electrons. The summed E-state index contributed by atoms with van der Waals surface area (Å²) in [7, 11) is 3.94. The maximum absolute atomic E-state index is 13.8. The van der Waals surface area contributed by atoms with Crippen molar-refractivity contribution in [3.05, 3.63) is 48.2 Å². The van der Waals surface area contributed by atoms with Gasteiger partial charge < -0.3 is 19.9 Å². The van der Waals surface area contributed by atoms with Crippen LogP contribution in [0.5, 0.6) is 6.01 Å². The minimum Gasteiger partial charge on any atom is -0.462 e. The Morgan fingerprint density at radius 1 is 1.34 bits per heavy atom. The minimum atomic E-state index is -0.360. The van der Waals surface area contributed by atoms with Gasteiger partial charge >= 0.3 is 6.01 Å². The molecular formula is C23H31FN6O2. The van der Waals surface area contributed by atoms with E-state index >= 15 is 0 Å². The van der Waals surface area contributed by atoms with Gasteiger partial charge in [-0.15, -0.1) is 0 Å². The van der Waals surface area contributed by atoms with Crippen molar-refractivity contribution >= 4 is 17.8 Å². The molecule has 4 rings (SSSR count). The van der Waals surface area contributed by atoms with Crippen LogP contribution in [-0.2, 0) is 4.79 Å². The second kappa shape index (κ2) is 11.5. The Morgan fingerprint density at radius 3 is 2.78 bits per heavy atom. The number of aromatic nitrogens is 3. The first-order valence-corrected chi connectivity index (χ1v) is 10.9. The van der Waals surface area contributed by atoms with Gasteiger partial charge in [0.05, 0.1) is 6.20 Å². The number of ether oxygens (including phenoxy) is 1. The quantitative estimate of drug-likeness (QED) is 0.628. The Morgan fingerprint density at radius 2 is 2.12 bits per heavy atom. The molecule has 1 saturated carbocycles. The van der Waals surface area contributed by atoms with Crippen molar-refractivity contribution in [2.75, 3.05) is 51.8 Å². The van der Waals surface area contributed by atoms with Crippen LogP contribution in [0.25, 0.3) is 6.08 Å². The number of hydrogen-bond acceptors (Lipinski definition) is 7. The van der Waals surface area contributed by atoms with E-state index in [0.717, 1.165) is 37.0 Å². The van der Waals surface area contributed by atoms with Crippen LogP contribution < -0.4 is 15.0 Å². The van der Waals surface area contributed by atoms with E-state index in [1.54, 1.807) is 18.5 Å². The summed E-state index contributed by atoms with van der Waals surface area (Å²) in [5, 5.41) is 2.67. The number of likely N-dealkylation sites (N-methyl/N-ethyl adjacent to an activating group) is 2. The minimum absolute atomic E-state index is 0.0775. The highest BCUT2D eigenvalue weighted by Crippen LogP contribution is 2.46. The molecule has 2 unspecified atom stereocenters. The van der Waals surface area contributed by atoms with Crippen molar-refractivity contribution in [1.29, 1.82) is 0 Å². The van der Waals surface area contributed by atoms with E-state index in [2.05, 4.69) is 20.3 Å². The molecule has 2 atom stereocenters. The molecule has 1 amide bonds. The number of halogens is 1. The van der Waals surface area contributed by atoms with E-state index in [1.165, 1.54) is 18.7 Å². The van der Waals surface area contributed by atoms with Crippen LogP contribution in [0.3, 0.4) is 0 Å². The lowest BCUT2D eigenvalue weighted by molar-refractivity contribution is -0.116. The molecule has 1 aliphatic carbocycles. The lowest BCUT2D eigenvalue weighted by Gasteiger charge is -2.19. The number of hydrogen-bond donors (Lipinski definition) is 1. The molecule has 2 aromatic rings. The molecular weight excluding hydrogens is 411 g/mol. The summed E-state index contributed by atoms with van der Waals surface area (Å²) in [6.07, 6.45) is 9.13. The standard InChI is InChI=1S/C13H19FN4O.C10H12N2O/c1-17(2)3-4-19-13-15-6-11(14)12(16-13)18-7-9-5-10(9)8-18;1-2-12-10(13)6-5-9-4-3-7-11-8-9/h6,9-10H,3-5,7-8H2,1-2H3;3-8H,2H2,1H3,(H,12,13)/b;6-5+. The fourth-order valence-corrected chi connectivity index (χ4v) is 3.40. The van der Waals surface area contributed by atoms with E-state index in [0.29, 0.717) is 19.0 Å². The molecule has 2 fully saturated rings. The Kier molecular flexibility index (Phi) is 8.49. The number of anilines is 1. The molecule has 2 aliphatic rings. The van der Waals surface area contributed by atoms with Gasteiger partial charge in [-0.3, -0.25) is 9.78 Å². The summed E-state index contributed by atoms with van der Waals surface area (Å²) in [6, 6.07) is 3.99. The number of rotatable bonds is 8. The number of nitrogens with one attached hydrogen (secondary N) is 1. The lowest BCUT2D eigenvalue weighted by atomic mass is 10.2. The number of pyridine rings is 1. The summed E-state index contributed by atoms with van der Waals surface area (Å²) in [4.78, 5) is 27.0. The van der Waals surface area contributed by atoms with Crippen molar-refractivity contribution < 1.29 is 13.9 Å². The number of carbonyl (C=O) groups is 1. The zero-order valence-corrected chi connectivity index (χ0v) is 18.9. The lowest BCUT2D eigenvalue weighted by Crippen LogP contribution is -2.25. The predicted octanol–water partition coefficient (Wildman–Crippen LogP) is 2.24. The zero-order valence-electron chi connectivity index (χ0n) is 18.9. The van der Waals surface area contributed by atoms with E-state index < -0.39 is 0 Å². The molecule has 0 bridgehead atoms. The number of fused-ring (bicyclic) bond motifs is 1. The molecule has 2 aromatic heterocycles. The predicted molar refractivity (Wildman–Crippen MR) is 122 cm³/mol. The molecule has 1 N–H and O–H groups in total. The van der Waals surface area contributed by atoms with Gasteiger partial charge in [-0.25, -0.2) is 9.37 Å². The van der Waals surface area contributed by atoms with Crippen molar-refractivity contribution in [3.63, 3.8) is 0 Å².